The normalized spacial score (nSPS) is 21.2. The molecule has 2 aromatic rings. The fourth-order valence-corrected chi connectivity index (χ4v) is 4.72. The molecule has 1 saturated heterocycles. The summed E-state index contributed by atoms with van der Waals surface area (Å²) in [4.78, 5) is 42.6. The summed E-state index contributed by atoms with van der Waals surface area (Å²) in [6.45, 7) is 4.53. The van der Waals surface area contributed by atoms with Gasteiger partial charge in [-0.2, -0.15) is 0 Å². The van der Waals surface area contributed by atoms with Crippen molar-refractivity contribution in [3.05, 3.63) is 30.1 Å². The minimum Gasteiger partial charge on any atom is -0.491 e. The summed E-state index contributed by atoms with van der Waals surface area (Å²) in [6.07, 6.45) is 6.13. The third-order valence-corrected chi connectivity index (χ3v) is 6.84. The van der Waals surface area contributed by atoms with Crippen molar-refractivity contribution in [1.29, 1.82) is 0 Å². The lowest BCUT2D eigenvalue weighted by Gasteiger charge is -2.30. The van der Waals surface area contributed by atoms with Gasteiger partial charge in [0.1, 0.15) is 29.6 Å². The summed E-state index contributed by atoms with van der Waals surface area (Å²) >= 11 is 0. The number of ether oxygens (including phenoxy) is 2. The van der Waals surface area contributed by atoms with E-state index in [1.165, 1.54) is 6.33 Å². The average molecular weight is 508 g/mol. The Morgan fingerprint density at radius 2 is 1.84 bits per heavy atom. The van der Waals surface area contributed by atoms with Crippen LogP contribution in [0.5, 0.6) is 5.75 Å². The summed E-state index contributed by atoms with van der Waals surface area (Å²) in [5, 5.41) is 6.10. The van der Waals surface area contributed by atoms with Crippen molar-refractivity contribution >= 4 is 41.0 Å². The Labute approximate surface area is 216 Å². The number of anilines is 3. The summed E-state index contributed by atoms with van der Waals surface area (Å²) in [5.74, 6) is 1.06. The van der Waals surface area contributed by atoms with E-state index in [0.717, 1.165) is 43.8 Å². The molecular weight excluding hydrogens is 474 g/mol. The Hall–Kier alpha value is -3.73. The highest BCUT2D eigenvalue weighted by atomic mass is 16.5. The Balaban J connectivity index is 1.45. The smallest absolute Gasteiger partial charge is 0.238 e. The number of benzene rings is 1. The van der Waals surface area contributed by atoms with Crippen LogP contribution in [0.4, 0.5) is 23.0 Å². The quantitative estimate of drug-likeness (QED) is 0.604. The van der Waals surface area contributed by atoms with Crippen molar-refractivity contribution in [3.63, 3.8) is 0 Å². The van der Waals surface area contributed by atoms with Gasteiger partial charge in [-0.25, -0.2) is 9.97 Å². The van der Waals surface area contributed by atoms with Crippen molar-refractivity contribution in [2.75, 3.05) is 68.6 Å². The number of carbonyl (C=O) groups is 2. The zero-order valence-electron chi connectivity index (χ0n) is 21.1. The predicted molar refractivity (Wildman–Crippen MR) is 141 cm³/mol. The molecule has 1 fully saturated rings. The molecule has 0 radical (unpaired) electrons. The van der Waals surface area contributed by atoms with Crippen LogP contribution < -0.4 is 20.3 Å². The van der Waals surface area contributed by atoms with Gasteiger partial charge in [0.2, 0.25) is 11.8 Å². The molecular formula is C26H33N7O4. The van der Waals surface area contributed by atoms with Gasteiger partial charge in [-0.1, -0.05) is 0 Å². The SMILES string of the molecule is CN1CCNc2ncnc3c2C(C=Nc2ccc(N4CCOCC4)c(c2)OCCCCCC1=O)C(=O)N3. The number of nitrogens with zero attached hydrogens (tertiary/aromatic N) is 5. The number of rotatable bonds is 1. The van der Waals surface area contributed by atoms with Gasteiger partial charge in [0.15, 0.2) is 0 Å². The molecule has 2 bridgehead atoms. The molecule has 2 amide bonds. The molecule has 196 valence electrons. The summed E-state index contributed by atoms with van der Waals surface area (Å²) < 4.78 is 11.7. The first-order valence-electron chi connectivity index (χ1n) is 12.9. The van der Waals surface area contributed by atoms with Gasteiger partial charge < -0.3 is 29.9 Å². The minimum atomic E-state index is -0.636. The Morgan fingerprint density at radius 1 is 1.00 bits per heavy atom. The maximum absolute atomic E-state index is 12.8. The maximum Gasteiger partial charge on any atom is 0.238 e. The lowest BCUT2D eigenvalue weighted by atomic mass is 10.0. The third-order valence-electron chi connectivity index (χ3n) is 6.84. The molecule has 1 unspecified atom stereocenters. The first-order chi connectivity index (χ1) is 18.1. The number of hydrogen-bond donors (Lipinski definition) is 2. The van der Waals surface area contributed by atoms with E-state index < -0.39 is 5.92 Å². The largest absolute Gasteiger partial charge is 0.491 e. The predicted octanol–water partition coefficient (Wildman–Crippen LogP) is 2.57. The molecule has 11 nitrogen and oxygen atoms in total. The molecule has 11 heteroatoms. The first kappa shape index (κ1) is 24.9. The van der Waals surface area contributed by atoms with Gasteiger partial charge in [-0.15, -0.1) is 0 Å². The number of amides is 2. The molecule has 1 aromatic carbocycles. The van der Waals surface area contributed by atoms with Crippen LogP contribution >= 0.6 is 0 Å². The maximum atomic E-state index is 12.8. The molecule has 0 aliphatic carbocycles. The van der Waals surface area contributed by atoms with Crippen molar-refractivity contribution in [2.45, 2.75) is 31.6 Å². The number of aromatic nitrogens is 2. The topological polar surface area (TPSA) is 121 Å². The number of aliphatic imine (C=N–C) groups is 1. The highest BCUT2D eigenvalue weighted by Gasteiger charge is 2.34. The minimum absolute atomic E-state index is 0.109. The van der Waals surface area contributed by atoms with E-state index in [0.29, 0.717) is 62.2 Å². The summed E-state index contributed by atoms with van der Waals surface area (Å²) in [7, 11) is 1.81. The molecule has 4 heterocycles. The van der Waals surface area contributed by atoms with Crippen LogP contribution in [0, 0.1) is 0 Å². The number of morpholine rings is 1. The third kappa shape index (κ3) is 5.82. The van der Waals surface area contributed by atoms with Gasteiger partial charge in [0.25, 0.3) is 0 Å². The second-order valence-electron chi connectivity index (χ2n) is 9.38. The molecule has 0 saturated carbocycles. The molecule has 5 rings (SSSR count). The molecule has 3 aliphatic heterocycles. The highest BCUT2D eigenvalue weighted by Crippen LogP contribution is 2.36. The number of nitrogens with one attached hydrogen (secondary N) is 2. The van der Waals surface area contributed by atoms with E-state index in [9.17, 15) is 9.59 Å². The van der Waals surface area contributed by atoms with Crippen LogP contribution in [0.1, 0.15) is 37.2 Å². The van der Waals surface area contributed by atoms with E-state index in [1.807, 2.05) is 18.2 Å². The van der Waals surface area contributed by atoms with Crippen molar-refractivity contribution in [2.24, 2.45) is 4.99 Å². The van der Waals surface area contributed by atoms with Crippen LogP contribution in [-0.2, 0) is 14.3 Å². The van der Waals surface area contributed by atoms with E-state index in [-0.39, 0.29) is 11.8 Å². The van der Waals surface area contributed by atoms with Crippen LogP contribution in [-0.4, -0.2) is 85.9 Å². The van der Waals surface area contributed by atoms with E-state index in [4.69, 9.17) is 9.47 Å². The molecule has 1 aromatic heterocycles. The van der Waals surface area contributed by atoms with Crippen LogP contribution in [0.3, 0.4) is 0 Å². The summed E-state index contributed by atoms with van der Waals surface area (Å²) in [5.41, 5.74) is 2.36. The molecule has 3 aliphatic rings. The fraction of sp³-hybridized carbons (Fsp3) is 0.500. The van der Waals surface area contributed by atoms with Gasteiger partial charge in [0, 0.05) is 51.9 Å². The van der Waals surface area contributed by atoms with Crippen molar-refractivity contribution in [1.82, 2.24) is 14.9 Å². The zero-order chi connectivity index (χ0) is 25.6. The van der Waals surface area contributed by atoms with E-state index in [2.05, 4.69) is 30.5 Å². The van der Waals surface area contributed by atoms with Crippen molar-refractivity contribution in [3.8, 4) is 5.75 Å². The molecule has 0 spiro atoms. The van der Waals surface area contributed by atoms with Gasteiger partial charge >= 0.3 is 0 Å². The number of likely N-dealkylation sites (N-methyl/N-ethyl adjacent to an activating group) is 1. The highest BCUT2D eigenvalue weighted by molar-refractivity contribution is 6.13. The number of fused-ring (bicyclic) bond motifs is 2. The second-order valence-corrected chi connectivity index (χ2v) is 9.38. The Morgan fingerprint density at radius 3 is 2.70 bits per heavy atom. The first-order valence-corrected chi connectivity index (χ1v) is 12.9. The standard InChI is InChI=1S/C26H33N7O4/c1-32-9-8-27-24-23-19(26(35)31-25(23)30-17-29-24)16-28-18-6-7-20(33-10-13-36-14-11-33)21(15-18)37-12-4-2-3-5-22(32)34/h6-7,15-17,19H,2-5,8-14H2,1H3,(H2,27,29,30,31,35). The lowest BCUT2D eigenvalue weighted by molar-refractivity contribution is -0.129. The van der Waals surface area contributed by atoms with E-state index in [1.54, 1.807) is 18.2 Å². The molecule has 37 heavy (non-hydrogen) atoms. The monoisotopic (exact) mass is 507 g/mol. The van der Waals surface area contributed by atoms with Gasteiger partial charge in [0.05, 0.1) is 36.8 Å². The van der Waals surface area contributed by atoms with E-state index >= 15 is 0 Å². The Kier molecular flexibility index (Phi) is 7.79. The van der Waals surface area contributed by atoms with Crippen molar-refractivity contribution < 1.29 is 19.1 Å². The van der Waals surface area contributed by atoms with Gasteiger partial charge in [-0.3, -0.25) is 14.6 Å². The number of carbonyl (C=O) groups excluding carboxylic acids is 2. The lowest BCUT2D eigenvalue weighted by Crippen LogP contribution is -2.36. The van der Waals surface area contributed by atoms with Crippen LogP contribution in [0.2, 0.25) is 0 Å². The average Bonchev–Trinajstić information content (AvgIpc) is 3.24. The molecule has 1 atom stereocenters. The van der Waals surface area contributed by atoms with Crippen LogP contribution in [0.25, 0.3) is 0 Å². The summed E-state index contributed by atoms with van der Waals surface area (Å²) in [6, 6.07) is 5.87. The van der Waals surface area contributed by atoms with Gasteiger partial charge in [-0.05, 0) is 31.4 Å². The second kappa shape index (κ2) is 11.5. The number of hydrogen-bond acceptors (Lipinski definition) is 9. The fourth-order valence-electron chi connectivity index (χ4n) is 4.72. The zero-order valence-corrected chi connectivity index (χ0v) is 21.1. The Bertz CT molecular complexity index is 1170. The molecule has 2 N–H and O–H groups in total. The van der Waals surface area contributed by atoms with Crippen LogP contribution in [0.15, 0.2) is 29.5 Å².